The summed E-state index contributed by atoms with van der Waals surface area (Å²) in [6.07, 6.45) is 0. The predicted octanol–water partition coefficient (Wildman–Crippen LogP) is 3.03. The van der Waals surface area contributed by atoms with E-state index in [0.717, 1.165) is 38.8 Å². The molecule has 0 fully saturated rings. The molecule has 0 N–H and O–H groups in total. The van der Waals surface area contributed by atoms with E-state index < -0.39 is 0 Å². The minimum Gasteiger partial charge on any atom is -0.497 e. The first-order chi connectivity index (χ1) is 10.8. The standard InChI is InChI=1S/C14H16N4O2S2/c1-3-21-9-12-15-16-14-18(12)17-13(22-14)8-20-11-6-4-5-10(7-11)19-2/h4-7H,3,8-9H2,1-2H3. The second-order valence-electron chi connectivity index (χ2n) is 4.41. The van der Waals surface area contributed by atoms with E-state index in [2.05, 4.69) is 22.2 Å². The smallest absolute Gasteiger partial charge is 0.234 e. The monoisotopic (exact) mass is 336 g/mol. The van der Waals surface area contributed by atoms with Crippen LogP contribution in [0.3, 0.4) is 0 Å². The molecule has 0 radical (unpaired) electrons. The van der Waals surface area contributed by atoms with Crippen molar-refractivity contribution >= 4 is 28.1 Å². The van der Waals surface area contributed by atoms with Gasteiger partial charge in [-0.05, 0) is 17.9 Å². The summed E-state index contributed by atoms with van der Waals surface area (Å²) in [6, 6.07) is 7.52. The molecule has 0 saturated carbocycles. The predicted molar refractivity (Wildman–Crippen MR) is 87.8 cm³/mol. The second kappa shape index (κ2) is 6.97. The van der Waals surface area contributed by atoms with Crippen LogP contribution in [-0.4, -0.2) is 32.7 Å². The van der Waals surface area contributed by atoms with Crippen LogP contribution in [0.1, 0.15) is 17.8 Å². The van der Waals surface area contributed by atoms with Crippen LogP contribution in [0.15, 0.2) is 24.3 Å². The lowest BCUT2D eigenvalue weighted by atomic mass is 10.3. The third-order valence-corrected chi connectivity index (χ3v) is 4.68. The van der Waals surface area contributed by atoms with Gasteiger partial charge in [-0.25, -0.2) is 0 Å². The van der Waals surface area contributed by atoms with Gasteiger partial charge >= 0.3 is 0 Å². The van der Waals surface area contributed by atoms with E-state index in [4.69, 9.17) is 9.47 Å². The number of fused-ring (bicyclic) bond motifs is 1. The topological polar surface area (TPSA) is 61.5 Å². The molecular formula is C14H16N4O2S2. The zero-order valence-electron chi connectivity index (χ0n) is 12.4. The highest BCUT2D eigenvalue weighted by Gasteiger charge is 2.12. The largest absolute Gasteiger partial charge is 0.497 e. The zero-order chi connectivity index (χ0) is 15.4. The molecule has 0 aliphatic carbocycles. The van der Waals surface area contributed by atoms with Gasteiger partial charge in [-0.15, -0.1) is 10.2 Å². The van der Waals surface area contributed by atoms with Crippen LogP contribution in [-0.2, 0) is 12.4 Å². The van der Waals surface area contributed by atoms with Crippen molar-refractivity contribution in [3.8, 4) is 11.5 Å². The van der Waals surface area contributed by atoms with Crippen molar-refractivity contribution in [2.45, 2.75) is 19.3 Å². The number of aromatic nitrogens is 4. The fraction of sp³-hybridized carbons (Fsp3) is 0.357. The first-order valence-corrected chi connectivity index (χ1v) is 8.82. The van der Waals surface area contributed by atoms with Crippen molar-refractivity contribution in [1.82, 2.24) is 19.8 Å². The minimum atomic E-state index is 0.404. The summed E-state index contributed by atoms with van der Waals surface area (Å²) >= 11 is 3.29. The molecule has 0 aliphatic rings. The van der Waals surface area contributed by atoms with Gasteiger partial charge < -0.3 is 9.47 Å². The van der Waals surface area contributed by atoms with Gasteiger partial charge in [0.2, 0.25) is 4.96 Å². The Morgan fingerprint density at radius 1 is 1.27 bits per heavy atom. The van der Waals surface area contributed by atoms with Gasteiger partial charge in [-0.3, -0.25) is 0 Å². The summed E-state index contributed by atoms with van der Waals surface area (Å²) in [5, 5.41) is 13.7. The number of nitrogens with zero attached hydrogens (tertiary/aromatic N) is 4. The van der Waals surface area contributed by atoms with Gasteiger partial charge in [0.15, 0.2) is 10.8 Å². The third-order valence-electron chi connectivity index (χ3n) is 2.94. The number of ether oxygens (including phenoxy) is 2. The molecular weight excluding hydrogens is 320 g/mol. The Bertz CT molecular complexity index is 756. The Morgan fingerprint density at radius 3 is 2.95 bits per heavy atom. The first-order valence-electron chi connectivity index (χ1n) is 6.84. The van der Waals surface area contributed by atoms with Gasteiger partial charge in [-0.2, -0.15) is 21.4 Å². The molecule has 0 unspecified atom stereocenters. The lowest BCUT2D eigenvalue weighted by Crippen LogP contribution is -1.99. The van der Waals surface area contributed by atoms with E-state index in [9.17, 15) is 0 Å². The molecule has 116 valence electrons. The Hall–Kier alpha value is -1.80. The molecule has 3 aromatic rings. The van der Waals surface area contributed by atoms with Gasteiger partial charge in [0.25, 0.3) is 0 Å². The molecule has 0 aliphatic heterocycles. The van der Waals surface area contributed by atoms with Crippen LogP contribution in [0.2, 0.25) is 0 Å². The summed E-state index contributed by atoms with van der Waals surface area (Å²) in [6.45, 7) is 2.53. The highest BCUT2D eigenvalue weighted by atomic mass is 32.2. The van der Waals surface area contributed by atoms with Gasteiger partial charge in [-0.1, -0.05) is 24.3 Å². The molecule has 3 rings (SSSR count). The Kier molecular flexibility index (Phi) is 4.79. The molecule has 0 bridgehead atoms. The quantitative estimate of drug-likeness (QED) is 0.661. The van der Waals surface area contributed by atoms with Crippen molar-refractivity contribution in [3.63, 3.8) is 0 Å². The molecule has 0 saturated heterocycles. The van der Waals surface area contributed by atoms with E-state index in [0.29, 0.717) is 6.61 Å². The lowest BCUT2D eigenvalue weighted by Gasteiger charge is -2.05. The van der Waals surface area contributed by atoms with Gasteiger partial charge in [0.05, 0.1) is 12.9 Å². The van der Waals surface area contributed by atoms with Crippen LogP contribution in [0, 0.1) is 0 Å². The van der Waals surface area contributed by atoms with Crippen molar-refractivity contribution in [2.75, 3.05) is 12.9 Å². The molecule has 8 heteroatoms. The summed E-state index contributed by atoms with van der Waals surface area (Å²) in [5.41, 5.74) is 0. The van der Waals surface area contributed by atoms with Crippen LogP contribution in [0.5, 0.6) is 11.5 Å². The maximum absolute atomic E-state index is 5.76. The lowest BCUT2D eigenvalue weighted by molar-refractivity contribution is 0.301. The number of rotatable bonds is 7. The average Bonchev–Trinajstić information content (AvgIpc) is 3.11. The molecule has 1 aromatic carbocycles. The third kappa shape index (κ3) is 3.33. The number of hydrogen-bond acceptors (Lipinski definition) is 7. The van der Waals surface area contributed by atoms with E-state index in [-0.39, 0.29) is 0 Å². The van der Waals surface area contributed by atoms with E-state index >= 15 is 0 Å². The highest BCUT2D eigenvalue weighted by molar-refractivity contribution is 7.98. The Morgan fingerprint density at radius 2 is 2.14 bits per heavy atom. The maximum Gasteiger partial charge on any atom is 0.234 e. The molecule has 2 aromatic heterocycles. The molecule has 0 atom stereocenters. The first kappa shape index (κ1) is 15.1. The fourth-order valence-electron chi connectivity index (χ4n) is 1.87. The summed E-state index contributed by atoms with van der Waals surface area (Å²) < 4.78 is 12.7. The average molecular weight is 336 g/mol. The van der Waals surface area contributed by atoms with Crippen LogP contribution < -0.4 is 9.47 Å². The summed E-state index contributed by atoms with van der Waals surface area (Å²) in [7, 11) is 1.64. The second-order valence-corrected chi connectivity index (χ2v) is 6.73. The van der Waals surface area contributed by atoms with E-state index in [1.54, 1.807) is 23.4 Å². The van der Waals surface area contributed by atoms with Crippen molar-refractivity contribution in [1.29, 1.82) is 0 Å². The molecule has 6 nitrogen and oxygen atoms in total. The van der Waals surface area contributed by atoms with Crippen LogP contribution in [0.25, 0.3) is 4.96 Å². The number of methoxy groups -OCH3 is 1. The van der Waals surface area contributed by atoms with Crippen LogP contribution >= 0.6 is 23.1 Å². The highest BCUT2D eigenvalue weighted by Crippen LogP contribution is 2.22. The molecule has 2 heterocycles. The number of benzene rings is 1. The molecule has 22 heavy (non-hydrogen) atoms. The van der Waals surface area contributed by atoms with Gasteiger partial charge in [0, 0.05) is 6.07 Å². The SMILES string of the molecule is CCSCc1nnc2sc(COc3cccc(OC)c3)nn12. The van der Waals surface area contributed by atoms with E-state index in [1.807, 2.05) is 24.3 Å². The van der Waals surface area contributed by atoms with Crippen molar-refractivity contribution in [2.24, 2.45) is 0 Å². The van der Waals surface area contributed by atoms with E-state index in [1.165, 1.54) is 11.3 Å². The Balaban J connectivity index is 1.69. The Labute approximate surface area is 136 Å². The number of hydrogen-bond donors (Lipinski definition) is 0. The van der Waals surface area contributed by atoms with Crippen LogP contribution in [0.4, 0.5) is 0 Å². The number of thioether (sulfide) groups is 1. The maximum atomic E-state index is 5.76. The normalized spacial score (nSPS) is 11.0. The summed E-state index contributed by atoms with van der Waals surface area (Å²) in [5.74, 6) is 4.27. The fourth-order valence-corrected chi connectivity index (χ4v) is 3.21. The zero-order valence-corrected chi connectivity index (χ0v) is 14.0. The molecule has 0 amide bonds. The summed E-state index contributed by atoms with van der Waals surface area (Å²) in [4.78, 5) is 0.802. The van der Waals surface area contributed by atoms with Gasteiger partial charge in [0.1, 0.15) is 18.1 Å². The van der Waals surface area contributed by atoms with Crippen molar-refractivity contribution < 1.29 is 9.47 Å². The minimum absolute atomic E-state index is 0.404. The van der Waals surface area contributed by atoms with Crippen molar-refractivity contribution in [3.05, 3.63) is 35.1 Å². The molecule has 0 spiro atoms.